The Morgan fingerprint density at radius 2 is 1.71 bits per heavy atom. The number of aldehydes is 1. The fraction of sp³-hybridized carbons (Fsp3) is 0.417. The van der Waals surface area contributed by atoms with Crippen molar-refractivity contribution < 1.29 is 4.79 Å². The summed E-state index contributed by atoms with van der Waals surface area (Å²) in [6.45, 7) is 6.01. The predicted octanol–water partition coefficient (Wildman–Crippen LogP) is 2.34. The molecular formula is C12H21NO. The Labute approximate surface area is 87.1 Å². The van der Waals surface area contributed by atoms with Gasteiger partial charge in [0.15, 0.2) is 0 Å². The van der Waals surface area contributed by atoms with Crippen LogP contribution in [0.4, 0.5) is 0 Å². The van der Waals surface area contributed by atoms with Gasteiger partial charge in [-0.05, 0) is 25.1 Å². The lowest BCUT2D eigenvalue weighted by Crippen LogP contribution is -1.88. The molecule has 1 rings (SSSR count). The van der Waals surface area contributed by atoms with E-state index in [0.717, 1.165) is 11.8 Å². The first-order valence-corrected chi connectivity index (χ1v) is 4.90. The molecule has 0 aliphatic carbocycles. The van der Waals surface area contributed by atoms with E-state index in [9.17, 15) is 4.79 Å². The number of carbonyl (C=O) groups excluding carboxylic acids is 1. The van der Waals surface area contributed by atoms with Crippen LogP contribution in [0.2, 0.25) is 0 Å². The molecule has 1 aromatic rings. The van der Waals surface area contributed by atoms with Crippen LogP contribution >= 0.6 is 0 Å². The van der Waals surface area contributed by atoms with Crippen LogP contribution in [-0.2, 0) is 11.2 Å². The molecule has 0 fully saturated rings. The molecule has 1 aromatic carbocycles. The molecule has 0 atom stereocenters. The maximum absolute atomic E-state index is 10.1. The second-order valence-corrected chi connectivity index (χ2v) is 2.30. The zero-order valence-corrected chi connectivity index (χ0v) is 9.58. The summed E-state index contributed by atoms with van der Waals surface area (Å²) in [6, 6.07) is 7.91. The third-order valence-corrected chi connectivity index (χ3v) is 1.56. The first-order chi connectivity index (χ1) is 6.84. The summed E-state index contributed by atoms with van der Waals surface area (Å²) < 4.78 is 0. The summed E-state index contributed by atoms with van der Waals surface area (Å²) in [7, 11) is 1.50. The lowest BCUT2D eigenvalue weighted by atomic mass is 10.1. The van der Waals surface area contributed by atoms with Gasteiger partial charge in [-0.25, -0.2) is 0 Å². The van der Waals surface area contributed by atoms with E-state index in [-0.39, 0.29) is 0 Å². The van der Waals surface area contributed by atoms with Crippen molar-refractivity contribution in [3.8, 4) is 0 Å². The lowest BCUT2D eigenvalue weighted by molar-refractivity contribution is -0.107. The van der Waals surface area contributed by atoms with Crippen LogP contribution in [-0.4, -0.2) is 13.3 Å². The zero-order chi connectivity index (χ0) is 11.4. The number of hydrogen-bond donors (Lipinski definition) is 1. The highest BCUT2D eigenvalue weighted by atomic mass is 16.1. The molecule has 0 aromatic heterocycles. The Morgan fingerprint density at radius 3 is 2.14 bits per heavy atom. The van der Waals surface area contributed by atoms with Gasteiger partial charge in [-0.15, -0.1) is 0 Å². The number of hydrogen-bond acceptors (Lipinski definition) is 2. The number of aryl methyl sites for hydroxylation is 1. The normalized spacial score (nSPS) is 7.50. The Balaban J connectivity index is 0. The van der Waals surface area contributed by atoms with E-state index in [1.807, 2.05) is 45.0 Å². The highest BCUT2D eigenvalue weighted by molar-refractivity contribution is 5.55. The fourth-order valence-corrected chi connectivity index (χ4v) is 0.929. The third kappa shape index (κ3) is 6.38. The number of benzene rings is 1. The minimum atomic E-state index is 0.534. The average molecular weight is 195 g/mol. The van der Waals surface area contributed by atoms with E-state index in [0.29, 0.717) is 6.42 Å². The first kappa shape index (κ1) is 15.3. The van der Waals surface area contributed by atoms with Gasteiger partial charge < -0.3 is 10.5 Å². The van der Waals surface area contributed by atoms with E-state index in [2.05, 4.69) is 5.73 Å². The number of carbonyl (C=O) groups is 1. The summed E-state index contributed by atoms with van der Waals surface area (Å²) in [5, 5.41) is 0. The van der Waals surface area contributed by atoms with Crippen molar-refractivity contribution in [3.05, 3.63) is 35.4 Å². The molecule has 0 aliphatic rings. The van der Waals surface area contributed by atoms with Gasteiger partial charge in [0.25, 0.3) is 0 Å². The number of nitrogens with two attached hydrogens (primary N) is 1. The molecule has 2 heteroatoms. The van der Waals surface area contributed by atoms with Gasteiger partial charge in [0, 0.05) is 6.42 Å². The highest BCUT2D eigenvalue weighted by Crippen LogP contribution is 2.05. The molecular weight excluding hydrogens is 174 g/mol. The van der Waals surface area contributed by atoms with E-state index in [1.165, 1.54) is 12.6 Å². The van der Waals surface area contributed by atoms with E-state index < -0.39 is 0 Å². The molecule has 0 bridgehead atoms. The van der Waals surface area contributed by atoms with Gasteiger partial charge in [0.1, 0.15) is 6.29 Å². The van der Waals surface area contributed by atoms with Crippen molar-refractivity contribution in [1.82, 2.24) is 0 Å². The Hall–Kier alpha value is -1.15. The van der Waals surface area contributed by atoms with E-state index >= 15 is 0 Å². The largest absolute Gasteiger partial charge is 0.333 e. The Bertz CT molecular complexity index is 234. The van der Waals surface area contributed by atoms with E-state index in [4.69, 9.17) is 0 Å². The quantitative estimate of drug-likeness (QED) is 0.736. The van der Waals surface area contributed by atoms with Crippen LogP contribution in [0.5, 0.6) is 0 Å². The summed E-state index contributed by atoms with van der Waals surface area (Å²) >= 11 is 0. The fourth-order valence-electron chi connectivity index (χ4n) is 0.929. The SMILES string of the molecule is CC.CN.Cc1ccccc1CC=O. The maximum atomic E-state index is 10.1. The lowest BCUT2D eigenvalue weighted by Gasteiger charge is -1.97. The van der Waals surface area contributed by atoms with Gasteiger partial charge >= 0.3 is 0 Å². The minimum absolute atomic E-state index is 0.534. The molecule has 2 N–H and O–H groups in total. The minimum Gasteiger partial charge on any atom is -0.333 e. The predicted molar refractivity (Wildman–Crippen MR) is 62.4 cm³/mol. The van der Waals surface area contributed by atoms with E-state index in [1.54, 1.807) is 0 Å². The van der Waals surface area contributed by atoms with Crippen LogP contribution in [0.25, 0.3) is 0 Å². The summed E-state index contributed by atoms with van der Waals surface area (Å²) in [6.07, 6.45) is 1.47. The summed E-state index contributed by atoms with van der Waals surface area (Å²) in [5.74, 6) is 0. The molecule has 0 aliphatic heterocycles. The third-order valence-electron chi connectivity index (χ3n) is 1.56. The maximum Gasteiger partial charge on any atom is 0.124 e. The van der Waals surface area contributed by atoms with Gasteiger partial charge in [-0.3, -0.25) is 0 Å². The molecule has 80 valence electrons. The zero-order valence-electron chi connectivity index (χ0n) is 9.58. The molecule has 14 heavy (non-hydrogen) atoms. The molecule has 0 saturated heterocycles. The van der Waals surface area contributed by atoms with Crippen LogP contribution < -0.4 is 5.73 Å². The van der Waals surface area contributed by atoms with Gasteiger partial charge in [0.05, 0.1) is 0 Å². The number of rotatable bonds is 2. The molecule has 0 spiro atoms. The Kier molecular flexibility index (Phi) is 13.0. The van der Waals surface area contributed by atoms with Gasteiger partial charge in [-0.1, -0.05) is 38.1 Å². The monoisotopic (exact) mass is 195 g/mol. The molecule has 0 amide bonds. The summed E-state index contributed by atoms with van der Waals surface area (Å²) in [5.41, 5.74) is 6.81. The van der Waals surface area contributed by atoms with Gasteiger partial charge in [-0.2, -0.15) is 0 Å². The highest BCUT2D eigenvalue weighted by Gasteiger charge is 1.92. The van der Waals surface area contributed by atoms with Crippen LogP contribution in [0, 0.1) is 6.92 Å². The smallest absolute Gasteiger partial charge is 0.124 e. The summed E-state index contributed by atoms with van der Waals surface area (Å²) in [4.78, 5) is 10.1. The van der Waals surface area contributed by atoms with Crippen LogP contribution in [0.15, 0.2) is 24.3 Å². The van der Waals surface area contributed by atoms with Crippen LogP contribution in [0.1, 0.15) is 25.0 Å². The van der Waals surface area contributed by atoms with Crippen molar-refractivity contribution in [1.29, 1.82) is 0 Å². The molecule has 0 radical (unpaired) electrons. The standard InChI is InChI=1S/C9H10O.C2H6.CH5N/c1-8-4-2-3-5-9(8)6-7-10;2*1-2/h2-5,7H,6H2,1H3;1-2H3;2H2,1H3. The van der Waals surface area contributed by atoms with Gasteiger partial charge in [0.2, 0.25) is 0 Å². The molecule has 0 unspecified atom stereocenters. The topological polar surface area (TPSA) is 43.1 Å². The Morgan fingerprint density at radius 1 is 1.21 bits per heavy atom. The second kappa shape index (κ2) is 11.8. The van der Waals surface area contributed by atoms with Crippen molar-refractivity contribution in [2.75, 3.05) is 7.05 Å². The molecule has 2 nitrogen and oxygen atoms in total. The van der Waals surface area contributed by atoms with Crippen molar-refractivity contribution in [2.24, 2.45) is 5.73 Å². The van der Waals surface area contributed by atoms with Crippen molar-refractivity contribution in [2.45, 2.75) is 27.2 Å². The molecule has 0 saturated carbocycles. The molecule has 0 heterocycles. The van der Waals surface area contributed by atoms with Crippen molar-refractivity contribution >= 4 is 6.29 Å². The average Bonchev–Trinajstić information content (AvgIpc) is 2.28. The van der Waals surface area contributed by atoms with Crippen LogP contribution in [0.3, 0.4) is 0 Å². The first-order valence-electron chi connectivity index (χ1n) is 4.90. The second-order valence-electron chi connectivity index (χ2n) is 2.30. The van der Waals surface area contributed by atoms with Crippen molar-refractivity contribution in [3.63, 3.8) is 0 Å².